The van der Waals surface area contributed by atoms with Gasteiger partial charge in [-0.2, -0.15) is 0 Å². The van der Waals surface area contributed by atoms with Gasteiger partial charge in [-0.3, -0.25) is 0 Å². The quantitative estimate of drug-likeness (QED) is 0.919. The van der Waals surface area contributed by atoms with E-state index in [9.17, 15) is 4.39 Å². The first-order valence-electron chi connectivity index (χ1n) is 7.64. The number of ether oxygens (including phenoxy) is 2. The van der Waals surface area contributed by atoms with Crippen molar-refractivity contribution < 1.29 is 13.9 Å². The van der Waals surface area contributed by atoms with Crippen LogP contribution in [0.3, 0.4) is 0 Å². The predicted octanol–water partition coefficient (Wildman–Crippen LogP) is 3.90. The van der Waals surface area contributed by atoms with Gasteiger partial charge in [-0.05, 0) is 30.7 Å². The van der Waals surface area contributed by atoms with E-state index in [1.807, 2.05) is 25.1 Å². The highest BCUT2D eigenvalue weighted by Crippen LogP contribution is 2.32. The Hall–Kier alpha value is -1.62. The molecule has 23 heavy (non-hydrogen) atoms. The zero-order valence-electron chi connectivity index (χ0n) is 12.9. The summed E-state index contributed by atoms with van der Waals surface area (Å²) >= 11 is 6.11. The number of nitrogens with one attached hydrogen (secondary N) is 1. The molecule has 2 aromatic carbocycles. The fourth-order valence-corrected chi connectivity index (χ4v) is 2.91. The number of hydrogen-bond acceptors (Lipinski definition) is 3. The Morgan fingerprint density at radius 3 is 2.87 bits per heavy atom. The standard InChI is InChI=1S/C18H19ClFNO2/c1-12-3-2-4-13(9-12)18(17-11-21-7-8-22-17)23-16-6-5-14(20)10-15(16)19/h2-6,9-10,17-18,21H,7-8,11H2,1H3/t17-,18-/m0/s1. The third-order valence-electron chi connectivity index (χ3n) is 3.81. The van der Waals surface area contributed by atoms with Gasteiger partial charge in [0.15, 0.2) is 6.10 Å². The van der Waals surface area contributed by atoms with Gasteiger partial charge in [0, 0.05) is 13.1 Å². The van der Waals surface area contributed by atoms with E-state index in [0.717, 1.165) is 17.7 Å². The molecular weight excluding hydrogens is 317 g/mol. The molecule has 1 N–H and O–H groups in total. The summed E-state index contributed by atoms with van der Waals surface area (Å²) in [6.07, 6.45) is -0.447. The lowest BCUT2D eigenvalue weighted by Gasteiger charge is -2.32. The van der Waals surface area contributed by atoms with Gasteiger partial charge in [0.1, 0.15) is 17.7 Å². The molecule has 1 fully saturated rings. The minimum atomic E-state index is -0.384. The van der Waals surface area contributed by atoms with Crippen molar-refractivity contribution in [2.24, 2.45) is 0 Å². The molecule has 0 aliphatic carbocycles. The summed E-state index contributed by atoms with van der Waals surface area (Å²) in [5.41, 5.74) is 2.16. The third-order valence-corrected chi connectivity index (χ3v) is 4.11. The molecule has 0 saturated carbocycles. The first-order chi connectivity index (χ1) is 11.1. The lowest BCUT2D eigenvalue weighted by molar-refractivity contribution is -0.0432. The number of rotatable bonds is 4. The Morgan fingerprint density at radius 2 is 2.17 bits per heavy atom. The number of halogens is 2. The van der Waals surface area contributed by atoms with Crippen LogP contribution in [0, 0.1) is 12.7 Å². The topological polar surface area (TPSA) is 30.5 Å². The Balaban J connectivity index is 1.91. The van der Waals surface area contributed by atoms with Crippen molar-refractivity contribution in [1.82, 2.24) is 5.32 Å². The number of morpholine rings is 1. The molecule has 1 aliphatic rings. The number of benzene rings is 2. The molecule has 2 atom stereocenters. The molecule has 1 saturated heterocycles. The predicted molar refractivity (Wildman–Crippen MR) is 88.6 cm³/mol. The summed E-state index contributed by atoms with van der Waals surface area (Å²) in [6.45, 7) is 4.19. The van der Waals surface area contributed by atoms with Gasteiger partial charge in [-0.25, -0.2) is 4.39 Å². The lowest BCUT2D eigenvalue weighted by atomic mass is 10.0. The molecule has 1 aliphatic heterocycles. The largest absolute Gasteiger partial charge is 0.481 e. The van der Waals surface area contributed by atoms with Crippen molar-refractivity contribution in [3.63, 3.8) is 0 Å². The second-order valence-electron chi connectivity index (χ2n) is 5.64. The summed E-state index contributed by atoms with van der Waals surface area (Å²) in [4.78, 5) is 0. The minimum Gasteiger partial charge on any atom is -0.481 e. The summed E-state index contributed by atoms with van der Waals surface area (Å²) in [7, 11) is 0. The SMILES string of the molecule is Cc1cccc([C@H](Oc2ccc(F)cc2Cl)[C@@H]2CNCCO2)c1. The van der Waals surface area contributed by atoms with Crippen molar-refractivity contribution in [2.75, 3.05) is 19.7 Å². The Morgan fingerprint density at radius 1 is 1.30 bits per heavy atom. The maximum absolute atomic E-state index is 13.2. The summed E-state index contributed by atoms with van der Waals surface area (Å²) in [6, 6.07) is 12.2. The van der Waals surface area contributed by atoms with Gasteiger partial charge < -0.3 is 14.8 Å². The molecule has 0 aromatic heterocycles. The molecule has 1 heterocycles. The molecule has 0 unspecified atom stereocenters. The lowest BCUT2D eigenvalue weighted by Crippen LogP contribution is -2.43. The van der Waals surface area contributed by atoms with E-state index in [-0.39, 0.29) is 23.0 Å². The highest BCUT2D eigenvalue weighted by atomic mass is 35.5. The molecule has 0 radical (unpaired) electrons. The Bertz CT molecular complexity index is 674. The maximum atomic E-state index is 13.2. The van der Waals surface area contributed by atoms with Gasteiger partial charge in [0.05, 0.1) is 11.6 Å². The van der Waals surface area contributed by atoms with Crippen molar-refractivity contribution in [2.45, 2.75) is 19.1 Å². The molecule has 3 nitrogen and oxygen atoms in total. The average Bonchev–Trinajstić information content (AvgIpc) is 2.55. The van der Waals surface area contributed by atoms with Crippen LogP contribution in [0.2, 0.25) is 5.02 Å². The van der Waals surface area contributed by atoms with E-state index in [4.69, 9.17) is 21.1 Å². The van der Waals surface area contributed by atoms with Gasteiger partial charge in [-0.15, -0.1) is 0 Å². The van der Waals surface area contributed by atoms with Gasteiger partial charge >= 0.3 is 0 Å². The fourth-order valence-electron chi connectivity index (χ4n) is 2.69. The van der Waals surface area contributed by atoms with E-state index in [2.05, 4.69) is 11.4 Å². The zero-order chi connectivity index (χ0) is 16.2. The van der Waals surface area contributed by atoms with Crippen LogP contribution in [0.4, 0.5) is 4.39 Å². The average molecular weight is 336 g/mol. The molecule has 2 aromatic rings. The van der Waals surface area contributed by atoms with Crippen LogP contribution in [0.25, 0.3) is 0 Å². The molecule has 3 rings (SSSR count). The second kappa shape index (κ2) is 7.30. The molecular formula is C18H19ClFNO2. The van der Waals surface area contributed by atoms with Crippen molar-refractivity contribution in [3.05, 3.63) is 64.4 Å². The van der Waals surface area contributed by atoms with Crippen LogP contribution in [0.1, 0.15) is 17.2 Å². The van der Waals surface area contributed by atoms with E-state index in [0.29, 0.717) is 18.9 Å². The van der Waals surface area contributed by atoms with E-state index in [1.54, 1.807) is 6.07 Å². The van der Waals surface area contributed by atoms with E-state index in [1.165, 1.54) is 12.1 Å². The zero-order valence-corrected chi connectivity index (χ0v) is 13.6. The maximum Gasteiger partial charge on any atom is 0.151 e. The van der Waals surface area contributed by atoms with Crippen LogP contribution < -0.4 is 10.1 Å². The van der Waals surface area contributed by atoms with Crippen LogP contribution in [-0.4, -0.2) is 25.8 Å². The highest BCUT2D eigenvalue weighted by Gasteiger charge is 2.28. The highest BCUT2D eigenvalue weighted by molar-refractivity contribution is 6.32. The van der Waals surface area contributed by atoms with Crippen LogP contribution in [-0.2, 0) is 4.74 Å². The van der Waals surface area contributed by atoms with E-state index >= 15 is 0 Å². The summed E-state index contributed by atoms with van der Waals surface area (Å²) in [5, 5.41) is 3.57. The first kappa shape index (κ1) is 16.2. The normalized spacial score (nSPS) is 19.3. The van der Waals surface area contributed by atoms with Crippen LogP contribution in [0.15, 0.2) is 42.5 Å². The Labute approximate surface area is 140 Å². The van der Waals surface area contributed by atoms with Crippen LogP contribution >= 0.6 is 11.6 Å². The smallest absolute Gasteiger partial charge is 0.151 e. The minimum absolute atomic E-state index is 0.133. The van der Waals surface area contributed by atoms with Crippen molar-refractivity contribution in [1.29, 1.82) is 0 Å². The molecule has 0 spiro atoms. The van der Waals surface area contributed by atoms with E-state index < -0.39 is 0 Å². The molecule has 5 heteroatoms. The van der Waals surface area contributed by atoms with Crippen molar-refractivity contribution in [3.8, 4) is 5.75 Å². The second-order valence-corrected chi connectivity index (χ2v) is 6.05. The number of hydrogen-bond donors (Lipinski definition) is 1. The molecule has 122 valence electrons. The summed E-state index contributed by atoms with van der Waals surface area (Å²) < 4.78 is 25.2. The fraction of sp³-hybridized carbons (Fsp3) is 0.333. The summed E-state index contributed by atoms with van der Waals surface area (Å²) in [5.74, 6) is 0.0683. The van der Waals surface area contributed by atoms with Gasteiger partial charge in [0.25, 0.3) is 0 Å². The van der Waals surface area contributed by atoms with Crippen molar-refractivity contribution >= 4 is 11.6 Å². The monoisotopic (exact) mass is 335 g/mol. The van der Waals surface area contributed by atoms with Crippen LogP contribution in [0.5, 0.6) is 5.75 Å². The number of aryl methyl sites for hydroxylation is 1. The Kier molecular flexibility index (Phi) is 5.16. The molecule has 0 amide bonds. The third kappa shape index (κ3) is 4.02. The first-order valence-corrected chi connectivity index (χ1v) is 8.02. The van der Waals surface area contributed by atoms with Gasteiger partial charge in [-0.1, -0.05) is 41.4 Å². The molecule has 0 bridgehead atoms. The van der Waals surface area contributed by atoms with Gasteiger partial charge in [0.2, 0.25) is 0 Å².